The lowest BCUT2D eigenvalue weighted by Gasteiger charge is -2.31. The molecule has 16 heavy (non-hydrogen) atoms. The zero-order valence-electron chi connectivity index (χ0n) is 12.2. The van der Waals surface area contributed by atoms with Crippen molar-refractivity contribution in [1.82, 2.24) is 0 Å². The van der Waals surface area contributed by atoms with E-state index in [1.807, 2.05) is 0 Å². The van der Waals surface area contributed by atoms with Crippen LogP contribution in [0.25, 0.3) is 0 Å². The topological polar surface area (TPSA) is 0 Å². The van der Waals surface area contributed by atoms with Gasteiger partial charge in [-0.3, -0.25) is 0 Å². The molecule has 0 spiro atoms. The lowest BCUT2D eigenvalue weighted by atomic mass is 10.1. The monoisotopic (exact) mass is 238 g/mol. The molecule has 0 saturated carbocycles. The molecular weight excluding hydrogens is 211 g/mol. The molecule has 1 atom stereocenters. The van der Waals surface area contributed by atoms with Crippen LogP contribution in [0.3, 0.4) is 0 Å². The van der Waals surface area contributed by atoms with Crippen molar-refractivity contribution in [3.05, 3.63) is 22.0 Å². The van der Waals surface area contributed by atoms with E-state index in [1.54, 1.807) is 22.0 Å². The van der Waals surface area contributed by atoms with E-state index in [4.69, 9.17) is 0 Å². The van der Waals surface area contributed by atoms with Crippen LogP contribution in [0.5, 0.6) is 0 Å². The summed E-state index contributed by atoms with van der Waals surface area (Å²) in [7, 11) is 0.0262. The molecule has 0 nitrogen and oxygen atoms in total. The van der Waals surface area contributed by atoms with Crippen LogP contribution in [-0.2, 0) is 0 Å². The molecule has 0 aliphatic heterocycles. The smallest absolute Gasteiger partial charge is 0.00302 e. The van der Waals surface area contributed by atoms with Crippen molar-refractivity contribution >= 4 is 7.92 Å². The van der Waals surface area contributed by atoms with Gasteiger partial charge < -0.3 is 0 Å². The van der Waals surface area contributed by atoms with Crippen LogP contribution >= 0.6 is 7.92 Å². The Labute approximate surface area is 103 Å². The third-order valence-corrected chi connectivity index (χ3v) is 7.49. The molecule has 0 aromatic carbocycles. The molecule has 1 aliphatic rings. The second kappa shape index (κ2) is 5.05. The van der Waals surface area contributed by atoms with E-state index in [-0.39, 0.29) is 7.92 Å². The molecule has 1 aliphatic carbocycles. The molecule has 0 saturated heterocycles. The fraction of sp³-hybridized carbons (Fsp3) is 0.733. The van der Waals surface area contributed by atoms with E-state index in [0.717, 1.165) is 11.3 Å². The Morgan fingerprint density at radius 3 is 1.56 bits per heavy atom. The maximum atomic E-state index is 2.39. The van der Waals surface area contributed by atoms with Gasteiger partial charge in [-0.1, -0.05) is 48.1 Å². The van der Waals surface area contributed by atoms with E-state index in [0.29, 0.717) is 5.92 Å². The molecule has 1 rings (SSSR count). The van der Waals surface area contributed by atoms with Gasteiger partial charge in [-0.05, 0) is 48.5 Å². The van der Waals surface area contributed by atoms with Crippen molar-refractivity contribution in [3.63, 3.8) is 0 Å². The van der Waals surface area contributed by atoms with Gasteiger partial charge >= 0.3 is 0 Å². The van der Waals surface area contributed by atoms with Gasteiger partial charge in [0.25, 0.3) is 0 Å². The number of rotatable bonds is 3. The van der Waals surface area contributed by atoms with Crippen molar-refractivity contribution < 1.29 is 0 Å². The van der Waals surface area contributed by atoms with Gasteiger partial charge in [0.1, 0.15) is 0 Å². The van der Waals surface area contributed by atoms with Crippen LogP contribution in [0.4, 0.5) is 0 Å². The third-order valence-electron chi connectivity index (χ3n) is 3.99. The highest BCUT2D eigenvalue weighted by Crippen LogP contribution is 2.61. The Balaban J connectivity index is 3.15. The van der Waals surface area contributed by atoms with Crippen LogP contribution in [0.1, 0.15) is 55.4 Å². The fourth-order valence-corrected chi connectivity index (χ4v) is 6.41. The zero-order chi connectivity index (χ0) is 12.6. The summed E-state index contributed by atoms with van der Waals surface area (Å²) >= 11 is 0. The molecule has 92 valence electrons. The van der Waals surface area contributed by atoms with Crippen LogP contribution in [0, 0.1) is 5.92 Å². The second-order valence-corrected chi connectivity index (χ2v) is 9.00. The van der Waals surface area contributed by atoms with Gasteiger partial charge in [0, 0.05) is 5.92 Å². The van der Waals surface area contributed by atoms with E-state index >= 15 is 0 Å². The van der Waals surface area contributed by atoms with Crippen molar-refractivity contribution in [2.75, 3.05) is 0 Å². The quantitative estimate of drug-likeness (QED) is 0.566. The Kier molecular flexibility index (Phi) is 4.41. The van der Waals surface area contributed by atoms with Gasteiger partial charge in [-0.25, -0.2) is 0 Å². The Morgan fingerprint density at radius 2 is 1.31 bits per heavy atom. The maximum absolute atomic E-state index is 2.39. The summed E-state index contributed by atoms with van der Waals surface area (Å²) in [5.74, 6) is 0.691. The van der Waals surface area contributed by atoms with Crippen molar-refractivity contribution in [1.29, 1.82) is 0 Å². The third kappa shape index (κ3) is 2.28. The molecule has 0 aromatic heterocycles. The Morgan fingerprint density at radius 1 is 0.875 bits per heavy atom. The molecule has 0 aromatic rings. The minimum atomic E-state index is 0.0262. The normalized spacial score (nSPS) is 22.3. The average molecular weight is 238 g/mol. The molecule has 0 heterocycles. The van der Waals surface area contributed by atoms with Gasteiger partial charge in [-0.15, -0.1) is 0 Å². The minimum absolute atomic E-state index is 0.0262. The zero-order valence-corrected chi connectivity index (χ0v) is 13.1. The van der Waals surface area contributed by atoms with Gasteiger partial charge in [-0.2, -0.15) is 0 Å². The predicted molar refractivity (Wildman–Crippen MR) is 77.4 cm³/mol. The molecule has 0 amide bonds. The van der Waals surface area contributed by atoms with E-state index in [9.17, 15) is 0 Å². The van der Waals surface area contributed by atoms with Gasteiger partial charge in [0.15, 0.2) is 0 Å². The first-order valence-corrected chi connectivity index (χ1v) is 7.93. The predicted octanol–water partition coefficient (Wildman–Crippen LogP) is 5.55. The van der Waals surface area contributed by atoms with Crippen LogP contribution in [0.15, 0.2) is 22.0 Å². The van der Waals surface area contributed by atoms with Crippen molar-refractivity contribution in [2.45, 2.75) is 66.7 Å². The highest BCUT2D eigenvalue weighted by atomic mass is 31.1. The summed E-state index contributed by atoms with van der Waals surface area (Å²) in [5, 5.41) is 1.77. The summed E-state index contributed by atoms with van der Waals surface area (Å²) in [6.45, 7) is 18.9. The Bertz CT molecular complexity index is 323. The molecular formula is C15H27P. The molecule has 0 fully saturated rings. The first-order chi connectivity index (χ1) is 7.29. The molecule has 0 bridgehead atoms. The minimum Gasteiger partial charge on any atom is -0.0736 e. The molecule has 0 N–H and O–H groups in total. The molecule has 0 radical (unpaired) electrons. The second-order valence-electron chi connectivity index (χ2n) is 5.63. The van der Waals surface area contributed by atoms with E-state index in [2.05, 4.69) is 55.4 Å². The summed E-state index contributed by atoms with van der Waals surface area (Å²) in [4.78, 5) is 0. The number of hydrogen-bond donors (Lipinski definition) is 0. The average Bonchev–Trinajstić information content (AvgIpc) is 2.34. The van der Waals surface area contributed by atoms with E-state index in [1.165, 1.54) is 0 Å². The summed E-state index contributed by atoms with van der Waals surface area (Å²) < 4.78 is 0. The number of hydrogen-bond acceptors (Lipinski definition) is 0. The molecule has 1 unspecified atom stereocenters. The lowest BCUT2D eigenvalue weighted by molar-refractivity contribution is 0.846. The van der Waals surface area contributed by atoms with Crippen LogP contribution in [0.2, 0.25) is 0 Å². The first-order valence-electron chi connectivity index (χ1n) is 6.45. The Hall–Kier alpha value is -0.0900. The molecule has 1 heteroatoms. The fourth-order valence-electron chi connectivity index (χ4n) is 2.91. The summed E-state index contributed by atoms with van der Waals surface area (Å²) in [5.41, 5.74) is 6.36. The highest BCUT2D eigenvalue weighted by Gasteiger charge is 2.32. The van der Waals surface area contributed by atoms with Gasteiger partial charge in [0.2, 0.25) is 0 Å². The highest BCUT2D eigenvalue weighted by molar-refractivity contribution is 7.63. The van der Waals surface area contributed by atoms with Crippen LogP contribution < -0.4 is 0 Å². The lowest BCUT2D eigenvalue weighted by Crippen LogP contribution is -2.09. The van der Waals surface area contributed by atoms with Crippen molar-refractivity contribution in [2.24, 2.45) is 5.92 Å². The standard InChI is InChI=1S/C15H27P/c1-9(2)16(10(3)4)15-13(7)11(5)12(6)14(15)8/h9-10,13H,1-8H3. The van der Waals surface area contributed by atoms with E-state index < -0.39 is 0 Å². The first kappa shape index (κ1) is 14.0. The number of allylic oxidation sites excluding steroid dienone is 4. The van der Waals surface area contributed by atoms with Crippen molar-refractivity contribution in [3.8, 4) is 0 Å². The summed E-state index contributed by atoms with van der Waals surface area (Å²) in [6.07, 6.45) is 0. The summed E-state index contributed by atoms with van der Waals surface area (Å²) in [6, 6.07) is 0. The van der Waals surface area contributed by atoms with Gasteiger partial charge in [0.05, 0.1) is 0 Å². The van der Waals surface area contributed by atoms with Crippen LogP contribution in [-0.4, -0.2) is 11.3 Å². The largest absolute Gasteiger partial charge is 0.0736 e. The maximum Gasteiger partial charge on any atom is 0.00302 e. The SMILES string of the molecule is CC1=C(C)C(C)C(P(C(C)C)C(C)C)=C1C.